The molecule has 0 atom stereocenters. The van der Waals surface area contributed by atoms with Gasteiger partial charge < -0.3 is 0 Å². The number of nitrogens with zero attached hydrogens (tertiary/aromatic N) is 2. The maximum absolute atomic E-state index is 4.28. The third-order valence-electron chi connectivity index (χ3n) is 7.27. The van der Waals surface area contributed by atoms with Gasteiger partial charge in [0, 0.05) is 24.8 Å². The molecule has 0 aliphatic rings. The Morgan fingerprint density at radius 1 is 0.289 bits per heavy atom. The van der Waals surface area contributed by atoms with Crippen LogP contribution in [0.25, 0.3) is 66.1 Å². The molecule has 0 bridgehead atoms. The van der Waals surface area contributed by atoms with Gasteiger partial charge >= 0.3 is 0 Å². The molecule has 0 saturated carbocycles. The molecular formula is C36H24N2. The summed E-state index contributed by atoms with van der Waals surface area (Å²) < 4.78 is 0. The summed E-state index contributed by atoms with van der Waals surface area (Å²) in [6, 6.07) is 43.4. The van der Waals surface area contributed by atoms with Crippen molar-refractivity contribution in [2.75, 3.05) is 0 Å². The van der Waals surface area contributed by atoms with Crippen molar-refractivity contribution in [2.45, 2.75) is 0 Å². The van der Waals surface area contributed by atoms with E-state index in [0.717, 1.165) is 11.1 Å². The molecule has 7 rings (SSSR count). The minimum absolute atomic E-state index is 1.12. The molecule has 0 N–H and O–H groups in total. The third-order valence-corrected chi connectivity index (χ3v) is 7.27. The van der Waals surface area contributed by atoms with E-state index >= 15 is 0 Å². The SMILES string of the molecule is c1cncc(-c2ccc(-c3c4ccccc4c(-c4ccc(-c5cccnc5)cc4)c4ccccc34)cc2)c1. The third kappa shape index (κ3) is 3.84. The van der Waals surface area contributed by atoms with E-state index in [0.29, 0.717) is 0 Å². The molecule has 178 valence electrons. The minimum atomic E-state index is 1.12. The fraction of sp³-hybridized carbons (Fsp3) is 0. The Hall–Kier alpha value is -5.08. The lowest BCUT2D eigenvalue weighted by Crippen LogP contribution is -1.91. The second kappa shape index (κ2) is 9.42. The van der Waals surface area contributed by atoms with Crippen LogP contribution in [-0.4, -0.2) is 9.97 Å². The molecule has 0 fully saturated rings. The Balaban J connectivity index is 1.43. The maximum Gasteiger partial charge on any atom is 0.0346 e. The van der Waals surface area contributed by atoms with E-state index in [4.69, 9.17) is 0 Å². The Bertz CT molecular complexity index is 1680. The molecule has 0 radical (unpaired) electrons. The van der Waals surface area contributed by atoms with Crippen LogP contribution in [0.15, 0.2) is 146 Å². The number of rotatable bonds is 4. The van der Waals surface area contributed by atoms with Gasteiger partial charge in [-0.1, -0.05) is 109 Å². The zero-order valence-electron chi connectivity index (χ0n) is 20.8. The van der Waals surface area contributed by atoms with Crippen LogP contribution in [0.2, 0.25) is 0 Å². The van der Waals surface area contributed by atoms with Crippen LogP contribution >= 0.6 is 0 Å². The van der Waals surface area contributed by atoms with Gasteiger partial charge in [0.25, 0.3) is 0 Å². The van der Waals surface area contributed by atoms with Crippen molar-refractivity contribution in [3.8, 4) is 44.5 Å². The van der Waals surface area contributed by atoms with Gasteiger partial charge in [0.15, 0.2) is 0 Å². The van der Waals surface area contributed by atoms with Crippen LogP contribution in [0.4, 0.5) is 0 Å². The van der Waals surface area contributed by atoms with Gasteiger partial charge in [-0.3, -0.25) is 9.97 Å². The Morgan fingerprint density at radius 3 is 0.947 bits per heavy atom. The van der Waals surface area contributed by atoms with Gasteiger partial charge in [-0.15, -0.1) is 0 Å². The highest BCUT2D eigenvalue weighted by atomic mass is 14.6. The van der Waals surface area contributed by atoms with Crippen molar-refractivity contribution in [3.63, 3.8) is 0 Å². The van der Waals surface area contributed by atoms with Crippen LogP contribution in [0, 0.1) is 0 Å². The Kier molecular flexibility index (Phi) is 5.49. The van der Waals surface area contributed by atoms with Crippen molar-refractivity contribution in [1.29, 1.82) is 0 Å². The summed E-state index contributed by atoms with van der Waals surface area (Å²) in [4.78, 5) is 8.56. The van der Waals surface area contributed by atoms with Crippen LogP contribution in [0.1, 0.15) is 0 Å². The lowest BCUT2D eigenvalue weighted by molar-refractivity contribution is 1.33. The summed E-state index contributed by atoms with van der Waals surface area (Å²) in [6.45, 7) is 0. The van der Waals surface area contributed by atoms with Crippen molar-refractivity contribution in [2.24, 2.45) is 0 Å². The van der Waals surface area contributed by atoms with Gasteiger partial charge in [-0.25, -0.2) is 0 Å². The molecule has 0 amide bonds. The number of hydrogen-bond donors (Lipinski definition) is 0. The molecule has 38 heavy (non-hydrogen) atoms. The molecule has 0 saturated heterocycles. The molecule has 0 spiro atoms. The first-order valence-electron chi connectivity index (χ1n) is 12.8. The van der Waals surface area contributed by atoms with E-state index < -0.39 is 0 Å². The Labute approximate surface area is 221 Å². The molecule has 2 nitrogen and oxygen atoms in total. The normalized spacial score (nSPS) is 11.2. The molecule has 0 unspecified atom stereocenters. The van der Waals surface area contributed by atoms with Crippen LogP contribution in [0.3, 0.4) is 0 Å². The Morgan fingerprint density at radius 2 is 0.632 bits per heavy atom. The van der Waals surface area contributed by atoms with Crippen LogP contribution in [0.5, 0.6) is 0 Å². The highest BCUT2D eigenvalue weighted by molar-refractivity contribution is 6.21. The summed E-state index contributed by atoms with van der Waals surface area (Å²) in [5.41, 5.74) is 9.54. The standard InChI is InChI=1S/C36H24N2/c1-2-10-32-31(9-1)35(27-17-13-25(14-18-27)29-7-5-21-37-23-29)33-11-3-4-12-34(33)36(32)28-19-15-26(16-20-28)30-8-6-22-38-24-30/h1-24H. The predicted molar refractivity (Wildman–Crippen MR) is 159 cm³/mol. The van der Waals surface area contributed by atoms with E-state index in [1.165, 1.54) is 54.9 Å². The highest BCUT2D eigenvalue weighted by Crippen LogP contribution is 2.44. The molecule has 0 aliphatic carbocycles. The molecule has 5 aromatic carbocycles. The van der Waals surface area contributed by atoms with Gasteiger partial charge in [-0.05, 0) is 78.2 Å². The topological polar surface area (TPSA) is 25.8 Å². The zero-order valence-corrected chi connectivity index (χ0v) is 20.8. The first-order chi connectivity index (χ1) is 18.9. The molecule has 2 heteroatoms. The van der Waals surface area contributed by atoms with Crippen molar-refractivity contribution < 1.29 is 0 Å². The number of pyridine rings is 2. The molecule has 2 heterocycles. The summed E-state index contributed by atoms with van der Waals surface area (Å²) >= 11 is 0. The maximum atomic E-state index is 4.28. The fourth-order valence-electron chi connectivity index (χ4n) is 5.48. The largest absolute Gasteiger partial charge is 0.264 e. The first-order valence-corrected chi connectivity index (χ1v) is 12.8. The highest BCUT2D eigenvalue weighted by Gasteiger charge is 2.16. The first kappa shape index (κ1) is 22.1. The van der Waals surface area contributed by atoms with Crippen molar-refractivity contribution >= 4 is 21.5 Å². The van der Waals surface area contributed by atoms with E-state index in [2.05, 4.69) is 119 Å². The van der Waals surface area contributed by atoms with Crippen LogP contribution < -0.4 is 0 Å². The van der Waals surface area contributed by atoms with Gasteiger partial charge in [0.1, 0.15) is 0 Å². The molecular weight excluding hydrogens is 460 g/mol. The molecule has 7 aromatic rings. The number of hydrogen-bond acceptors (Lipinski definition) is 2. The monoisotopic (exact) mass is 484 g/mol. The smallest absolute Gasteiger partial charge is 0.0346 e. The summed E-state index contributed by atoms with van der Waals surface area (Å²) in [5, 5.41) is 5.02. The number of aromatic nitrogens is 2. The summed E-state index contributed by atoms with van der Waals surface area (Å²) in [5.74, 6) is 0. The lowest BCUT2D eigenvalue weighted by atomic mass is 9.85. The average molecular weight is 485 g/mol. The van der Waals surface area contributed by atoms with Crippen molar-refractivity contribution in [3.05, 3.63) is 146 Å². The summed E-state index contributed by atoms with van der Waals surface area (Å²) in [6.07, 6.45) is 7.44. The van der Waals surface area contributed by atoms with E-state index in [9.17, 15) is 0 Å². The van der Waals surface area contributed by atoms with E-state index in [-0.39, 0.29) is 0 Å². The van der Waals surface area contributed by atoms with Gasteiger partial charge in [0.05, 0.1) is 0 Å². The van der Waals surface area contributed by atoms with E-state index in [1.54, 1.807) is 0 Å². The summed E-state index contributed by atoms with van der Waals surface area (Å²) in [7, 11) is 0. The number of fused-ring (bicyclic) bond motifs is 2. The van der Waals surface area contributed by atoms with Crippen LogP contribution in [-0.2, 0) is 0 Å². The van der Waals surface area contributed by atoms with Gasteiger partial charge in [0.2, 0.25) is 0 Å². The van der Waals surface area contributed by atoms with Gasteiger partial charge in [-0.2, -0.15) is 0 Å². The lowest BCUT2D eigenvalue weighted by Gasteiger charge is -2.18. The minimum Gasteiger partial charge on any atom is -0.264 e. The van der Waals surface area contributed by atoms with E-state index in [1.807, 2.05) is 36.9 Å². The zero-order chi connectivity index (χ0) is 25.3. The second-order valence-corrected chi connectivity index (χ2v) is 9.48. The fourth-order valence-corrected chi connectivity index (χ4v) is 5.48. The van der Waals surface area contributed by atoms with Crippen molar-refractivity contribution in [1.82, 2.24) is 9.97 Å². The predicted octanol–water partition coefficient (Wildman–Crippen LogP) is 9.45. The average Bonchev–Trinajstić information content (AvgIpc) is 3.01. The second-order valence-electron chi connectivity index (χ2n) is 9.48. The number of benzene rings is 5. The molecule has 2 aromatic heterocycles. The quantitative estimate of drug-likeness (QED) is 0.233. The molecule has 0 aliphatic heterocycles.